The summed E-state index contributed by atoms with van der Waals surface area (Å²) in [5.41, 5.74) is 1.62. The zero-order valence-electron chi connectivity index (χ0n) is 12.8. The summed E-state index contributed by atoms with van der Waals surface area (Å²) in [6.45, 7) is 6.06. The van der Waals surface area contributed by atoms with Crippen LogP contribution < -0.4 is 0 Å². The lowest BCUT2D eigenvalue weighted by molar-refractivity contribution is -0.139. The topological polar surface area (TPSA) is 56.4 Å². The van der Waals surface area contributed by atoms with Gasteiger partial charge in [0.1, 0.15) is 0 Å². The van der Waals surface area contributed by atoms with Gasteiger partial charge in [-0.3, -0.25) is 9.59 Å². The first kappa shape index (κ1) is 14.2. The highest BCUT2D eigenvalue weighted by Gasteiger charge is 2.41. The molecule has 5 heteroatoms. The van der Waals surface area contributed by atoms with Gasteiger partial charge in [-0.1, -0.05) is 6.92 Å². The van der Waals surface area contributed by atoms with Crippen molar-refractivity contribution in [2.75, 3.05) is 19.6 Å². The van der Waals surface area contributed by atoms with Crippen LogP contribution in [0.5, 0.6) is 0 Å². The van der Waals surface area contributed by atoms with E-state index in [1.807, 2.05) is 22.8 Å². The van der Waals surface area contributed by atoms with Gasteiger partial charge in [-0.15, -0.1) is 0 Å². The molecule has 1 N–H and O–H groups in total. The number of aromatic amines is 1. The summed E-state index contributed by atoms with van der Waals surface area (Å²) in [6.07, 6.45) is 4.70. The number of hydrogen-bond donors (Lipinski definition) is 1. The Balaban J connectivity index is 1.82. The summed E-state index contributed by atoms with van der Waals surface area (Å²) >= 11 is 0. The molecular weight excluding hydrogens is 266 g/mol. The summed E-state index contributed by atoms with van der Waals surface area (Å²) in [6, 6.07) is 2.02. The number of carbonyl (C=O) groups excluding carboxylic acids is 2. The molecule has 21 heavy (non-hydrogen) atoms. The van der Waals surface area contributed by atoms with Crippen LogP contribution in [0.2, 0.25) is 0 Å². The Kier molecular flexibility index (Phi) is 3.74. The van der Waals surface area contributed by atoms with Crippen molar-refractivity contribution in [3.8, 4) is 0 Å². The molecule has 4 rings (SSSR count). The van der Waals surface area contributed by atoms with Crippen LogP contribution in [0.25, 0.3) is 0 Å². The lowest BCUT2D eigenvalue weighted by Crippen LogP contribution is -2.48. The Hall–Kier alpha value is -1.78. The molecule has 2 bridgehead atoms. The molecule has 1 aromatic heterocycles. The zero-order chi connectivity index (χ0) is 15.0. The fraction of sp³-hybridized carbons (Fsp3) is 0.625. The summed E-state index contributed by atoms with van der Waals surface area (Å²) < 4.78 is 0. The average molecular weight is 289 g/mol. The highest BCUT2D eigenvalue weighted by Crippen LogP contribution is 2.30. The Labute approximate surface area is 125 Å². The Morgan fingerprint density at radius 2 is 2.19 bits per heavy atom. The van der Waals surface area contributed by atoms with Gasteiger partial charge in [-0.25, -0.2) is 0 Å². The largest absolute Gasteiger partial charge is 0.365 e. The predicted octanol–water partition coefficient (Wildman–Crippen LogP) is 1.80. The number of amides is 2. The van der Waals surface area contributed by atoms with Gasteiger partial charge < -0.3 is 14.8 Å². The van der Waals surface area contributed by atoms with Crippen LogP contribution in [0.3, 0.4) is 0 Å². The Morgan fingerprint density at radius 3 is 2.86 bits per heavy atom. The molecule has 3 aliphatic heterocycles. The first-order valence-corrected chi connectivity index (χ1v) is 7.85. The van der Waals surface area contributed by atoms with Crippen LogP contribution in [0, 0.1) is 12.8 Å². The maximum Gasteiger partial charge on any atom is 0.255 e. The summed E-state index contributed by atoms with van der Waals surface area (Å²) in [7, 11) is 0. The average Bonchev–Trinajstić information content (AvgIpc) is 2.72. The van der Waals surface area contributed by atoms with Crippen molar-refractivity contribution in [2.45, 2.75) is 39.2 Å². The van der Waals surface area contributed by atoms with Crippen molar-refractivity contribution < 1.29 is 9.59 Å². The number of aromatic nitrogens is 1. The monoisotopic (exact) mass is 289 g/mol. The van der Waals surface area contributed by atoms with Gasteiger partial charge in [-0.2, -0.15) is 0 Å². The molecule has 2 amide bonds. The summed E-state index contributed by atoms with van der Waals surface area (Å²) in [4.78, 5) is 32.1. The second-order valence-electron chi connectivity index (χ2n) is 6.19. The highest BCUT2D eigenvalue weighted by atomic mass is 16.2. The molecule has 0 spiro atoms. The van der Waals surface area contributed by atoms with Crippen molar-refractivity contribution >= 4 is 11.8 Å². The third kappa shape index (κ3) is 2.45. The number of fused-ring (bicyclic) bond motifs is 4. The molecule has 4 heterocycles. The molecule has 0 saturated carbocycles. The van der Waals surface area contributed by atoms with Crippen molar-refractivity contribution in [1.82, 2.24) is 14.8 Å². The zero-order valence-corrected chi connectivity index (χ0v) is 12.8. The molecule has 114 valence electrons. The third-order valence-corrected chi connectivity index (χ3v) is 4.73. The molecule has 2 atom stereocenters. The van der Waals surface area contributed by atoms with Gasteiger partial charge in [0.2, 0.25) is 5.91 Å². The normalized spacial score (nSPS) is 25.3. The maximum atomic E-state index is 12.7. The van der Waals surface area contributed by atoms with Gasteiger partial charge in [-0.05, 0) is 32.3 Å². The van der Waals surface area contributed by atoms with E-state index in [9.17, 15) is 9.59 Å². The minimum absolute atomic E-state index is 0.0153. The number of rotatable bonds is 3. The number of piperidine rings is 1. The van der Waals surface area contributed by atoms with Crippen LogP contribution in [-0.2, 0) is 4.79 Å². The van der Waals surface area contributed by atoms with Crippen molar-refractivity contribution in [3.05, 3.63) is 23.5 Å². The van der Waals surface area contributed by atoms with E-state index < -0.39 is 0 Å². The molecule has 3 fully saturated rings. The smallest absolute Gasteiger partial charge is 0.255 e. The van der Waals surface area contributed by atoms with E-state index in [0.717, 1.165) is 37.1 Å². The Bertz CT molecular complexity index is 551. The minimum atomic E-state index is -0.0153. The van der Waals surface area contributed by atoms with E-state index in [0.29, 0.717) is 13.1 Å². The van der Waals surface area contributed by atoms with Gasteiger partial charge in [0.25, 0.3) is 5.91 Å². The van der Waals surface area contributed by atoms with Gasteiger partial charge in [0.05, 0.1) is 11.5 Å². The molecule has 0 unspecified atom stereocenters. The van der Waals surface area contributed by atoms with Crippen LogP contribution >= 0.6 is 0 Å². The minimum Gasteiger partial charge on any atom is -0.365 e. The predicted molar refractivity (Wildman–Crippen MR) is 79.9 cm³/mol. The standard InChI is InChI=1S/C16H23N3O2/c1-3-8-19-13-5-4-12(15(19)20)9-18(10-13)16(21)14-6-7-17-11(14)2/h6-7,12-13,17H,3-5,8-10H2,1-2H3/t12-,13+/m1/s1. The highest BCUT2D eigenvalue weighted by molar-refractivity contribution is 5.96. The number of hydrogen-bond acceptors (Lipinski definition) is 2. The summed E-state index contributed by atoms with van der Waals surface area (Å²) in [5, 5.41) is 0. The number of aryl methyl sites for hydroxylation is 1. The Morgan fingerprint density at radius 1 is 1.38 bits per heavy atom. The molecule has 3 saturated heterocycles. The molecule has 0 radical (unpaired) electrons. The number of nitrogens with one attached hydrogen (secondary N) is 1. The molecule has 0 aliphatic carbocycles. The SMILES string of the molecule is CCCN1C(=O)[C@@H]2CC[C@H]1CN(C(=O)c1cc[nH]c1C)C2. The van der Waals surface area contributed by atoms with Gasteiger partial charge >= 0.3 is 0 Å². The molecule has 5 nitrogen and oxygen atoms in total. The van der Waals surface area contributed by atoms with Crippen molar-refractivity contribution in [1.29, 1.82) is 0 Å². The van der Waals surface area contributed by atoms with E-state index >= 15 is 0 Å². The fourth-order valence-corrected chi connectivity index (χ4v) is 3.60. The maximum absolute atomic E-state index is 12.7. The van der Waals surface area contributed by atoms with Crippen LogP contribution in [-0.4, -0.2) is 52.3 Å². The van der Waals surface area contributed by atoms with E-state index in [4.69, 9.17) is 0 Å². The van der Waals surface area contributed by atoms with Gasteiger partial charge in [0.15, 0.2) is 0 Å². The molecule has 0 aromatic carbocycles. The van der Waals surface area contributed by atoms with E-state index in [1.54, 1.807) is 6.20 Å². The number of nitrogens with zero attached hydrogens (tertiary/aromatic N) is 2. The molecular formula is C16H23N3O2. The van der Waals surface area contributed by atoms with E-state index in [-0.39, 0.29) is 23.8 Å². The fourth-order valence-electron chi connectivity index (χ4n) is 3.60. The number of H-pyrrole nitrogens is 1. The third-order valence-electron chi connectivity index (χ3n) is 4.73. The van der Waals surface area contributed by atoms with Crippen molar-refractivity contribution in [2.24, 2.45) is 5.92 Å². The van der Waals surface area contributed by atoms with E-state index in [1.165, 1.54) is 0 Å². The number of carbonyl (C=O) groups is 2. The van der Waals surface area contributed by atoms with Gasteiger partial charge in [0, 0.05) is 37.6 Å². The first-order valence-electron chi connectivity index (χ1n) is 7.85. The second kappa shape index (κ2) is 5.54. The van der Waals surface area contributed by atoms with E-state index in [2.05, 4.69) is 11.9 Å². The van der Waals surface area contributed by atoms with Crippen LogP contribution in [0.4, 0.5) is 0 Å². The first-order chi connectivity index (χ1) is 10.1. The van der Waals surface area contributed by atoms with Crippen LogP contribution in [0.1, 0.15) is 42.2 Å². The molecule has 3 aliphatic rings. The second-order valence-corrected chi connectivity index (χ2v) is 6.19. The van der Waals surface area contributed by atoms with Crippen molar-refractivity contribution in [3.63, 3.8) is 0 Å². The lowest BCUT2D eigenvalue weighted by Gasteiger charge is -2.35. The quantitative estimate of drug-likeness (QED) is 0.922. The summed E-state index contributed by atoms with van der Waals surface area (Å²) in [5.74, 6) is 0.282. The van der Waals surface area contributed by atoms with Crippen LogP contribution in [0.15, 0.2) is 12.3 Å². The lowest BCUT2D eigenvalue weighted by atomic mass is 9.94. The molecule has 1 aromatic rings.